The minimum absolute atomic E-state index is 0.0601. The Labute approximate surface area is 204 Å². The Morgan fingerprint density at radius 2 is 1.57 bits per heavy atom. The van der Waals surface area contributed by atoms with E-state index in [0.717, 1.165) is 10.1 Å². The lowest BCUT2D eigenvalue weighted by atomic mass is 10.2. The zero-order valence-electron chi connectivity index (χ0n) is 18.4. The first-order valence-electron chi connectivity index (χ1n) is 10.6. The van der Waals surface area contributed by atoms with Gasteiger partial charge in [-0.15, -0.1) is 0 Å². The molecular weight excluding hydrogens is 470 g/mol. The quantitative estimate of drug-likeness (QED) is 0.413. The van der Waals surface area contributed by atoms with Crippen molar-refractivity contribution in [1.29, 1.82) is 5.26 Å². The maximum Gasteiger partial charge on any atom is 0.335 e. The first-order chi connectivity index (χ1) is 17.0. The van der Waals surface area contributed by atoms with Gasteiger partial charge in [0.2, 0.25) is 5.62 Å². The zero-order valence-corrected chi connectivity index (χ0v) is 19.1. The van der Waals surface area contributed by atoms with E-state index in [1.54, 1.807) is 72.8 Å². The number of aliphatic hydroxyl groups is 1. The molecule has 0 atom stereocenters. The number of ether oxygens (including phenoxy) is 1. The zero-order chi connectivity index (χ0) is 24.8. The second kappa shape index (κ2) is 10.7. The van der Waals surface area contributed by atoms with Crippen molar-refractivity contribution in [2.24, 2.45) is 4.99 Å². The fourth-order valence-corrected chi connectivity index (χ4v) is 3.42. The van der Waals surface area contributed by atoms with Gasteiger partial charge in [0.05, 0.1) is 37.0 Å². The van der Waals surface area contributed by atoms with Crippen LogP contribution in [0.15, 0.2) is 87.4 Å². The maximum absolute atomic E-state index is 13.0. The molecule has 0 aliphatic carbocycles. The molecule has 0 aliphatic heterocycles. The molecule has 4 rings (SSSR count). The summed E-state index contributed by atoms with van der Waals surface area (Å²) in [5, 5.41) is 18.7. The molecule has 1 aromatic heterocycles. The number of nitriles is 1. The molecule has 0 saturated carbocycles. The molecular formula is C25H20ClN5O4. The van der Waals surface area contributed by atoms with Crippen LogP contribution in [0.3, 0.4) is 0 Å². The van der Waals surface area contributed by atoms with E-state index in [0.29, 0.717) is 27.8 Å². The molecule has 0 saturated heterocycles. The van der Waals surface area contributed by atoms with Crippen molar-refractivity contribution >= 4 is 17.3 Å². The van der Waals surface area contributed by atoms with E-state index in [2.05, 4.69) is 16.0 Å². The second-order valence-corrected chi connectivity index (χ2v) is 7.90. The van der Waals surface area contributed by atoms with Crippen LogP contribution in [0, 0.1) is 11.3 Å². The van der Waals surface area contributed by atoms with E-state index >= 15 is 0 Å². The Balaban J connectivity index is 1.69. The van der Waals surface area contributed by atoms with Gasteiger partial charge < -0.3 is 9.84 Å². The van der Waals surface area contributed by atoms with Gasteiger partial charge in [-0.3, -0.25) is 9.55 Å². The lowest BCUT2D eigenvalue weighted by Gasteiger charge is -2.10. The summed E-state index contributed by atoms with van der Waals surface area (Å²) in [6.07, 6.45) is 0. The molecule has 35 heavy (non-hydrogen) atoms. The van der Waals surface area contributed by atoms with Crippen LogP contribution in [-0.2, 0) is 13.1 Å². The van der Waals surface area contributed by atoms with E-state index in [1.807, 2.05) is 0 Å². The first-order valence-corrected chi connectivity index (χ1v) is 11.0. The van der Waals surface area contributed by atoms with Gasteiger partial charge in [-0.2, -0.15) is 5.26 Å². The Hall–Kier alpha value is -4.39. The highest BCUT2D eigenvalue weighted by molar-refractivity contribution is 6.30. The molecule has 0 amide bonds. The number of benzene rings is 3. The molecule has 0 spiro atoms. The van der Waals surface area contributed by atoms with E-state index < -0.39 is 11.4 Å². The number of H-pyrrole nitrogens is 1. The van der Waals surface area contributed by atoms with Crippen LogP contribution in [0.4, 0.5) is 5.69 Å². The lowest BCUT2D eigenvalue weighted by Crippen LogP contribution is -2.50. The summed E-state index contributed by atoms with van der Waals surface area (Å²) < 4.78 is 8.02. The van der Waals surface area contributed by atoms with Gasteiger partial charge >= 0.3 is 11.4 Å². The van der Waals surface area contributed by atoms with Gasteiger partial charge in [-0.05, 0) is 66.2 Å². The minimum atomic E-state index is -0.670. The highest BCUT2D eigenvalue weighted by Gasteiger charge is 2.10. The minimum Gasteiger partial charge on any atom is -0.457 e. The normalized spacial score (nSPS) is 11.3. The molecule has 3 aromatic carbocycles. The van der Waals surface area contributed by atoms with Crippen LogP contribution in [0.5, 0.6) is 11.5 Å². The molecule has 176 valence electrons. The third-order valence-corrected chi connectivity index (χ3v) is 5.30. The summed E-state index contributed by atoms with van der Waals surface area (Å²) in [4.78, 5) is 32.6. The summed E-state index contributed by atoms with van der Waals surface area (Å²) >= 11 is 5.96. The summed E-state index contributed by atoms with van der Waals surface area (Å²) in [6.45, 7) is -0.367. The van der Waals surface area contributed by atoms with Crippen LogP contribution in [0.1, 0.15) is 11.1 Å². The molecule has 0 fully saturated rings. The molecule has 0 unspecified atom stereocenters. The van der Waals surface area contributed by atoms with Crippen LogP contribution in [0.25, 0.3) is 0 Å². The number of aromatic amines is 1. The molecule has 0 bridgehead atoms. The van der Waals surface area contributed by atoms with Gasteiger partial charge in [-0.25, -0.2) is 19.1 Å². The predicted molar refractivity (Wildman–Crippen MR) is 130 cm³/mol. The molecule has 10 heteroatoms. The van der Waals surface area contributed by atoms with Gasteiger partial charge in [0.25, 0.3) is 0 Å². The largest absolute Gasteiger partial charge is 0.457 e. The van der Waals surface area contributed by atoms with Gasteiger partial charge in [0.1, 0.15) is 11.5 Å². The average molecular weight is 490 g/mol. The van der Waals surface area contributed by atoms with Crippen molar-refractivity contribution in [1.82, 2.24) is 14.1 Å². The number of rotatable bonds is 7. The Morgan fingerprint density at radius 3 is 2.17 bits per heavy atom. The summed E-state index contributed by atoms with van der Waals surface area (Å²) in [5.74, 6) is 1.13. The van der Waals surface area contributed by atoms with Crippen molar-refractivity contribution in [2.75, 3.05) is 6.61 Å². The topological polar surface area (TPSA) is 125 Å². The van der Waals surface area contributed by atoms with Crippen molar-refractivity contribution in [3.05, 3.63) is 116 Å². The molecule has 0 radical (unpaired) electrons. The molecule has 1 heterocycles. The summed E-state index contributed by atoms with van der Waals surface area (Å²) in [5.41, 5.74) is 0.588. The fraction of sp³-hybridized carbons (Fsp3) is 0.120. The third-order valence-electron chi connectivity index (χ3n) is 5.05. The SMILES string of the molecule is N#Cc1ccc(Oc2ccc(/N=c3\[nH]c(=O)n(CCO)c(=O)n3Cc3ccc(Cl)cc3)cc2)cc1. The van der Waals surface area contributed by atoms with Crippen molar-refractivity contribution in [3.63, 3.8) is 0 Å². The number of nitrogens with zero attached hydrogens (tertiary/aromatic N) is 4. The molecule has 4 aromatic rings. The van der Waals surface area contributed by atoms with Gasteiger partial charge in [0, 0.05) is 5.02 Å². The van der Waals surface area contributed by atoms with E-state index in [9.17, 15) is 14.7 Å². The standard InChI is InChI=1S/C25H20ClN5O4/c26-19-5-1-18(2-6-19)16-31-23(29-24(33)30(13-14-32)25(31)34)28-20-7-11-22(12-8-20)35-21-9-3-17(15-27)4-10-21/h1-12,32H,13-14,16H2,(H,28,29,33). The monoisotopic (exact) mass is 489 g/mol. The summed E-state index contributed by atoms with van der Waals surface area (Å²) in [6, 6.07) is 22.5. The second-order valence-electron chi connectivity index (χ2n) is 7.47. The highest BCUT2D eigenvalue weighted by atomic mass is 35.5. The van der Waals surface area contributed by atoms with Crippen LogP contribution in [0.2, 0.25) is 5.02 Å². The first kappa shape index (κ1) is 23.8. The van der Waals surface area contributed by atoms with E-state index in [1.165, 1.54) is 4.57 Å². The predicted octanol–water partition coefficient (Wildman–Crippen LogP) is 2.93. The Morgan fingerprint density at radius 1 is 0.943 bits per heavy atom. The number of halogens is 1. The number of aromatic nitrogens is 3. The number of nitrogens with one attached hydrogen (secondary N) is 1. The van der Waals surface area contributed by atoms with Crippen LogP contribution < -0.4 is 21.7 Å². The number of hydrogen-bond donors (Lipinski definition) is 2. The van der Waals surface area contributed by atoms with Crippen molar-refractivity contribution < 1.29 is 9.84 Å². The average Bonchev–Trinajstić information content (AvgIpc) is 2.87. The van der Waals surface area contributed by atoms with E-state index in [-0.39, 0.29) is 25.3 Å². The van der Waals surface area contributed by atoms with Crippen LogP contribution >= 0.6 is 11.6 Å². The number of hydrogen-bond acceptors (Lipinski definition) is 6. The van der Waals surface area contributed by atoms with Crippen molar-refractivity contribution in [2.45, 2.75) is 13.1 Å². The Bertz CT molecular complexity index is 1550. The van der Waals surface area contributed by atoms with E-state index in [4.69, 9.17) is 21.6 Å². The number of aliphatic hydroxyl groups excluding tert-OH is 1. The molecule has 2 N–H and O–H groups in total. The van der Waals surface area contributed by atoms with Crippen molar-refractivity contribution in [3.8, 4) is 17.6 Å². The fourth-order valence-electron chi connectivity index (χ4n) is 3.30. The van der Waals surface area contributed by atoms with Gasteiger partial charge in [0.15, 0.2) is 0 Å². The highest BCUT2D eigenvalue weighted by Crippen LogP contribution is 2.24. The Kier molecular flexibility index (Phi) is 7.26. The van der Waals surface area contributed by atoms with Gasteiger partial charge in [-0.1, -0.05) is 23.7 Å². The molecule has 9 nitrogen and oxygen atoms in total. The lowest BCUT2D eigenvalue weighted by molar-refractivity contribution is 0.268. The van der Waals surface area contributed by atoms with Crippen LogP contribution in [-0.4, -0.2) is 25.8 Å². The third kappa shape index (κ3) is 5.76. The maximum atomic E-state index is 13.0. The smallest absolute Gasteiger partial charge is 0.335 e. The summed E-state index contributed by atoms with van der Waals surface area (Å²) in [7, 11) is 0. The molecule has 0 aliphatic rings.